The van der Waals surface area contributed by atoms with Crippen molar-refractivity contribution in [2.24, 2.45) is 0 Å². The molecule has 2 heterocycles. The number of aromatic nitrogens is 1. The van der Waals surface area contributed by atoms with Gasteiger partial charge >= 0.3 is 0 Å². The fourth-order valence-electron chi connectivity index (χ4n) is 4.47. The average molecular weight is 431 g/mol. The largest absolute Gasteiger partial charge is 0.493 e. The van der Waals surface area contributed by atoms with E-state index in [-0.39, 0.29) is 18.1 Å². The molecule has 1 aromatic heterocycles. The Morgan fingerprint density at radius 3 is 2.59 bits per heavy atom. The van der Waals surface area contributed by atoms with Crippen LogP contribution in [0.15, 0.2) is 67.0 Å². The summed E-state index contributed by atoms with van der Waals surface area (Å²) in [6.45, 7) is 1.52. The highest BCUT2D eigenvalue weighted by molar-refractivity contribution is 5.94. The van der Waals surface area contributed by atoms with Crippen molar-refractivity contribution < 1.29 is 19.0 Å². The minimum Gasteiger partial charge on any atom is -0.493 e. The number of fused-ring (bicyclic) bond motifs is 1. The Bertz CT molecular complexity index is 1080. The Kier molecular flexibility index (Phi) is 5.77. The SMILES string of the molecule is COc1ccc(C2CN(C(=O)c3cccnc3)CCO2)cc1OC1Cc2ccccc2C1. The number of nitrogens with zero attached hydrogens (tertiary/aromatic N) is 2. The molecule has 1 aliphatic heterocycles. The molecule has 1 unspecified atom stereocenters. The standard InChI is InChI=1S/C26H26N2O4/c1-30-23-9-8-20(15-24(23)32-22-13-18-5-2-3-6-19(18)14-22)25-17-28(11-12-31-25)26(29)21-7-4-10-27-16-21/h2-10,15-16,22,25H,11-14,17H2,1H3. The fraction of sp³-hybridized carbons (Fsp3) is 0.308. The van der Waals surface area contributed by atoms with Crippen LogP contribution in [0.2, 0.25) is 0 Å². The lowest BCUT2D eigenvalue weighted by atomic mass is 10.1. The molecular weight excluding hydrogens is 404 g/mol. The summed E-state index contributed by atoms with van der Waals surface area (Å²) in [6, 6.07) is 17.9. The molecule has 6 nitrogen and oxygen atoms in total. The first-order valence-electron chi connectivity index (χ1n) is 10.9. The summed E-state index contributed by atoms with van der Waals surface area (Å²) in [4.78, 5) is 18.8. The summed E-state index contributed by atoms with van der Waals surface area (Å²) in [6.07, 6.45) is 4.89. The van der Waals surface area contributed by atoms with Crippen LogP contribution < -0.4 is 9.47 Å². The number of morpholine rings is 1. The van der Waals surface area contributed by atoms with E-state index in [1.165, 1.54) is 11.1 Å². The molecule has 1 saturated heterocycles. The van der Waals surface area contributed by atoms with Crippen molar-refractivity contribution in [3.63, 3.8) is 0 Å². The summed E-state index contributed by atoms with van der Waals surface area (Å²) in [5.74, 6) is 1.38. The molecule has 0 spiro atoms. The van der Waals surface area contributed by atoms with Gasteiger partial charge in [0.25, 0.3) is 5.91 Å². The molecule has 32 heavy (non-hydrogen) atoms. The molecule has 0 bridgehead atoms. The van der Waals surface area contributed by atoms with Crippen LogP contribution in [0.5, 0.6) is 11.5 Å². The molecule has 0 N–H and O–H groups in total. The maximum atomic E-state index is 12.9. The Labute approximate surface area is 187 Å². The molecule has 1 fully saturated rings. The highest BCUT2D eigenvalue weighted by Gasteiger charge is 2.28. The molecule has 6 heteroatoms. The third-order valence-corrected chi connectivity index (χ3v) is 6.13. The second-order valence-corrected chi connectivity index (χ2v) is 8.18. The smallest absolute Gasteiger partial charge is 0.255 e. The van der Waals surface area contributed by atoms with E-state index in [9.17, 15) is 4.79 Å². The maximum Gasteiger partial charge on any atom is 0.255 e. The van der Waals surface area contributed by atoms with E-state index in [0.717, 1.165) is 18.4 Å². The molecule has 0 radical (unpaired) electrons. The normalized spacial score (nSPS) is 18.3. The van der Waals surface area contributed by atoms with E-state index in [1.54, 1.807) is 31.6 Å². The van der Waals surface area contributed by atoms with Gasteiger partial charge in [0.2, 0.25) is 0 Å². The van der Waals surface area contributed by atoms with Gasteiger partial charge in [-0.25, -0.2) is 0 Å². The molecule has 0 saturated carbocycles. The summed E-state index contributed by atoms with van der Waals surface area (Å²) in [5, 5.41) is 0. The van der Waals surface area contributed by atoms with E-state index in [2.05, 4.69) is 29.2 Å². The van der Waals surface area contributed by atoms with Crippen LogP contribution in [-0.2, 0) is 17.6 Å². The molecular formula is C26H26N2O4. The van der Waals surface area contributed by atoms with Crippen LogP contribution in [0.25, 0.3) is 0 Å². The minimum atomic E-state index is -0.224. The first-order valence-corrected chi connectivity index (χ1v) is 10.9. The Hall–Kier alpha value is -3.38. The van der Waals surface area contributed by atoms with Crippen molar-refractivity contribution in [2.75, 3.05) is 26.8 Å². The first kappa shape index (κ1) is 20.5. The molecule has 5 rings (SSSR count). The second kappa shape index (κ2) is 9.01. The summed E-state index contributed by atoms with van der Waals surface area (Å²) < 4.78 is 18.0. The predicted molar refractivity (Wildman–Crippen MR) is 120 cm³/mol. The first-order chi connectivity index (χ1) is 15.7. The zero-order chi connectivity index (χ0) is 21.9. The van der Waals surface area contributed by atoms with Gasteiger partial charge in [0.05, 0.1) is 25.8 Å². The lowest BCUT2D eigenvalue weighted by molar-refractivity contribution is -0.0229. The van der Waals surface area contributed by atoms with Gasteiger partial charge in [-0.1, -0.05) is 30.3 Å². The van der Waals surface area contributed by atoms with Gasteiger partial charge in [-0.15, -0.1) is 0 Å². The average Bonchev–Trinajstić information content (AvgIpc) is 3.26. The predicted octanol–water partition coefficient (Wildman–Crippen LogP) is 3.85. The molecule has 1 aliphatic carbocycles. The van der Waals surface area contributed by atoms with E-state index in [0.29, 0.717) is 36.8 Å². The topological polar surface area (TPSA) is 60.9 Å². The number of hydrogen-bond acceptors (Lipinski definition) is 5. The van der Waals surface area contributed by atoms with Gasteiger partial charge in [0.15, 0.2) is 11.5 Å². The zero-order valence-electron chi connectivity index (χ0n) is 18.1. The Morgan fingerprint density at radius 2 is 1.88 bits per heavy atom. The Balaban J connectivity index is 1.32. The lowest BCUT2D eigenvalue weighted by Crippen LogP contribution is -2.42. The van der Waals surface area contributed by atoms with Gasteiger partial charge < -0.3 is 19.1 Å². The van der Waals surface area contributed by atoms with Gasteiger partial charge in [-0.3, -0.25) is 9.78 Å². The number of pyridine rings is 1. The van der Waals surface area contributed by atoms with Gasteiger partial charge in [-0.05, 0) is 41.0 Å². The number of methoxy groups -OCH3 is 1. The number of carbonyl (C=O) groups is 1. The molecule has 2 aromatic carbocycles. The molecule has 164 valence electrons. The number of hydrogen-bond donors (Lipinski definition) is 0. The van der Waals surface area contributed by atoms with Crippen molar-refractivity contribution in [1.82, 2.24) is 9.88 Å². The van der Waals surface area contributed by atoms with Gasteiger partial charge in [0.1, 0.15) is 12.2 Å². The highest BCUT2D eigenvalue weighted by Crippen LogP contribution is 2.35. The van der Waals surface area contributed by atoms with Crippen LogP contribution in [0.4, 0.5) is 0 Å². The molecule has 1 atom stereocenters. The third kappa shape index (κ3) is 4.18. The lowest BCUT2D eigenvalue weighted by Gasteiger charge is -2.33. The van der Waals surface area contributed by atoms with E-state index < -0.39 is 0 Å². The van der Waals surface area contributed by atoms with Gasteiger partial charge in [0, 0.05) is 31.8 Å². The van der Waals surface area contributed by atoms with Crippen LogP contribution in [-0.4, -0.2) is 48.7 Å². The zero-order valence-corrected chi connectivity index (χ0v) is 18.1. The van der Waals surface area contributed by atoms with Crippen molar-refractivity contribution >= 4 is 5.91 Å². The van der Waals surface area contributed by atoms with Crippen LogP contribution >= 0.6 is 0 Å². The van der Waals surface area contributed by atoms with E-state index in [1.807, 2.05) is 23.1 Å². The second-order valence-electron chi connectivity index (χ2n) is 8.18. The number of rotatable bonds is 5. The van der Waals surface area contributed by atoms with E-state index in [4.69, 9.17) is 14.2 Å². The van der Waals surface area contributed by atoms with E-state index >= 15 is 0 Å². The van der Waals surface area contributed by atoms with Gasteiger partial charge in [-0.2, -0.15) is 0 Å². The number of carbonyl (C=O) groups excluding carboxylic acids is 1. The maximum absolute atomic E-state index is 12.9. The summed E-state index contributed by atoms with van der Waals surface area (Å²) in [7, 11) is 1.65. The fourth-order valence-corrected chi connectivity index (χ4v) is 4.47. The van der Waals surface area contributed by atoms with Crippen molar-refractivity contribution in [3.8, 4) is 11.5 Å². The monoisotopic (exact) mass is 430 g/mol. The quantitative estimate of drug-likeness (QED) is 0.615. The highest BCUT2D eigenvalue weighted by atomic mass is 16.5. The third-order valence-electron chi connectivity index (χ3n) is 6.13. The van der Waals surface area contributed by atoms with Crippen LogP contribution in [0, 0.1) is 0 Å². The summed E-state index contributed by atoms with van der Waals surface area (Å²) in [5.41, 5.74) is 4.24. The molecule has 2 aliphatic rings. The molecule has 3 aromatic rings. The van der Waals surface area contributed by atoms with Crippen LogP contribution in [0.3, 0.4) is 0 Å². The van der Waals surface area contributed by atoms with Crippen molar-refractivity contribution in [1.29, 1.82) is 0 Å². The molecule has 1 amide bonds. The Morgan fingerprint density at radius 1 is 1.06 bits per heavy atom. The van der Waals surface area contributed by atoms with Crippen molar-refractivity contribution in [2.45, 2.75) is 25.0 Å². The van der Waals surface area contributed by atoms with Crippen molar-refractivity contribution in [3.05, 3.63) is 89.2 Å². The number of benzene rings is 2. The number of amides is 1. The summed E-state index contributed by atoms with van der Waals surface area (Å²) >= 11 is 0. The number of ether oxygens (including phenoxy) is 3. The van der Waals surface area contributed by atoms with Crippen LogP contribution in [0.1, 0.15) is 33.2 Å². The minimum absolute atomic E-state index is 0.0277.